The summed E-state index contributed by atoms with van der Waals surface area (Å²) >= 11 is 0. The number of amides is 1. The second-order valence-corrected chi connectivity index (χ2v) is 8.82. The van der Waals surface area contributed by atoms with Crippen molar-refractivity contribution in [3.8, 4) is 5.69 Å². The minimum atomic E-state index is -0.818. The van der Waals surface area contributed by atoms with Gasteiger partial charge in [0.2, 0.25) is 0 Å². The number of para-hydroxylation sites is 1. The molecule has 7 nitrogen and oxygen atoms in total. The molecule has 8 heteroatoms. The molecule has 1 aliphatic heterocycles. The zero-order valence-corrected chi connectivity index (χ0v) is 20.8. The molecular formula is C28H31FN4O3. The van der Waals surface area contributed by atoms with Gasteiger partial charge in [-0.1, -0.05) is 44.2 Å². The molecule has 3 aromatic rings. The number of carbonyl (C=O) groups excluding carboxylic acids is 2. The number of halogens is 1. The standard InChI is InChI=1S/C28H31FN4O3/c1-4-31(5-2)16-9-17-32-25(20-12-14-21(29)15-13-20)24(27(35)28(32)36)26(34)23-18-30-33(19(23)3)22-10-7-6-8-11-22/h6-8,10-15,18,25,34H,4-5,9,16-17H2,1-3H3/b26-24+. The van der Waals surface area contributed by atoms with Crippen molar-refractivity contribution in [2.45, 2.75) is 33.2 Å². The van der Waals surface area contributed by atoms with E-state index < -0.39 is 23.5 Å². The van der Waals surface area contributed by atoms with E-state index in [1.165, 1.54) is 23.2 Å². The average Bonchev–Trinajstić information content (AvgIpc) is 3.40. The predicted molar refractivity (Wildman–Crippen MR) is 136 cm³/mol. The number of aliphatic hydroxyl groups excluding tert-OH is 1. The van der Waals surface area contributed by atoms with Crippen molar-refractivity contribution in [2.75, 3.05) is 26.2 Å². The topological polar surface area (TPSA) is 78.7 Å². The van der Waals surface area contributed by atoms with Gasteiger partial charge in [-0.2, -0.15) is 5.10 Å². The van der Waals surface area contributed by atoms with Crippen molar-refractivity contribution < 1.29 is 19.1 Å². The van der Waals surface area contributed by atoms with Crippen LogP contribution in [-0.2, 0) is 9.59 Å². The van der Waals surface area contributed by atoms with Crippen LogP contribution in [0.5, 0.6) is 0 Å². The predicted octanol–water partition coefficient (Wildman–Crippen LogP) is 4.47. The first kappa shape index (κ1) is 25.3. The lowest BCUT2D eigenvalue weighted by molar-refractivity contribution is -0.140. The van der Waals surface area contributed by atoms with Crippen LogP contribution in [0.15, 0.2) is 66.4 Å². The highest BCUT2D eigenvalue weighted by Gasteiger charge is 2.46. The Kier molecular flexibility index (Phi) is 7.64. The molecule has 1 fully saturated rings. The molecule has 1 unspecified atom stereocenters. The molecule has 2 aromatic carbocycles. The lowest BCUT2D eigenvalue weighted by atomic mass is 9.95. The number of hydrogen-bond acceptors (Lipinski definition) is 5. The van der Waals surface area contributed by atoms with E-state index in [-0.39, 0.29) is 11.3 Å². The second kappa shape index (κ2) is 10.9. The lowest BCUT2D eigenvalue weighted by Crippen LogP contribution is -2.33. The van der Waals surface area contributed by atoms with Crippen LogP contribution >= 0.6 is 0 Å². The Morgan fingerprint density at radius 2 is 1.72 bits per heavy atom. The summed E-state index contributed by atoms with van der Waals surface area (Å²) in [7, 11) is 0. The Labute approximate surface area is 210 Å². The van der Waals surface area contributed by atoms with Gasteiger partial charge in [-0.25, -0.2) is 9.07 Å². The van der Waals surface area contributed by atoms with E-state index in [0.29, 0.717) is 29.8 Å². The van der Waals surface area contributed by atoms with Gasteiger partial charge < -0.3 is 14.9 Å². The molecule has 0 spiro atoms. The number of aromatic nitrogens is 2. The maximum Gasteiger partial charge on any atom is 0.295 e. The van der Waals surface area contributed by atoms with Gasteiger partial charge in [-0.05, 0) is 62.8 Å². The fourth-order valence-corrected chi connectivity index (χ4v) is 4.72. The van der Waals surface area contributed by atoms with Gasteiger partial charge in [-0.3, -0.25) is 9.59 Å². The molecule has 2 heterocycles. The zero-order valence-electron chi connectivity index (χ0n) is 20.8. The van der Waals surface area contributed by atoms with Crippen molar-refractivity contribution in [1.29, 1.82) is 0 Å². The molecule has 0 bridgehead atoms. The number of Topliss-reactive ketones (excluding diaryl/α,β-unsaturated/α-hetero) is 1. The summed E-state index contributed by atoms with van der Waals surface area (Å²) < 4.78 is 15.4. The summed E-state index contributed by atoms with van der Waals surface area (Å²) in [5.41, 5.74) is 2.36. The summed E-state index contributed by atoms with van der Waals surface area (Å²) in [6.45, 7) is 8.83. The summed E-state index contributed by atoms with van der Waals surface area (Å²) in [6, 6.07) is 14.3. The van der Waals surface area contributed by atoms with E-state index in [9.17, 15) is 19.1 Å². The van der Waals surface area contributed by atoms with Gasteiger partial charge in [-0.15, -0.1) is 0 Å². The molecule has 1 atom stereocenters. The average molecular weight is 491 g/mol. The fraction of sp³-hybridized carbons (Fsp3) is 0.321. The molecule has 1 N–H and O–H groups in total. The van der Waals surface area contributed by atoms with Crippen LogP contribution in [0, 0.1) is 12.7 Å². The monoisotopic (exact) mass is 490 g/mol. The van der Waals surface area contributed by atoms with Crippen LogP contribution in [0.4, 0.5) is 4.39 Å². The Bertz CT molecular complexity index is 1260. The lowest BCUT2D eigenvalue weighted by Gasteiger charge is -2.26. The van der Waals surface area contributed by atoms with Crippen molar-refractivity contribution >= 4 is 17.4 Å². The highest BCUT2D eigenvalue weighted by atomic mass is 19.1. The van der Waals surface area contributed by atoms with E-state index in [4.69, 9.17) is 0 Å². The van der Waals surface area contributed by atoms with Crippen molar-refractivity contribution in [1.82, 2.24) is 19.6 Å². The third-order valence-corrected chi connectivity index (χ3v) is 6.76. The molecule has 1 amide bonds. The highest BCUT2D eigenvalue weighted by molar-refractivity contribution is 6.46. The largest absolute Gasteiger partial charge is 0.507 e. The van der Waals surface area contributed by atoms with Gasteiger partial charge in [0.05, 0.1) is 34.8 Å². The molecule has 0 aliphatic carbocycles. The number of likely N-dealkylation sites (tertiary alicyclic amines) is 1. The number of aliphatic hydroxyl groups is 1. The molecule has 1 aliphatic rings. The SMILES string of the molecule is CCN(CC)CCCN1C(=O)C(=O)/C(=C(/O)c2cnn(-c3ccccc3)c2C)C1c1ccc(F)cc1. The van der Waals surface area contributed by atoms with E-state index in [2.05, 4.69) is 23.8 Å². The Morgan fingerprint density at radius 3 is 2.36 bits per heavy atom. The van der Waals surface area contributed by atoms with Gasteiger partial charge in [0, 0.05) is 6.54 Å². The Balaban J connectivity index is 1.76. The van der Waals surface area contributed by atoms with Gasteiger partial charge in [0.25, 0.3) is 11.7 Å². The first-order chi connectivity index (χ1) is 17.4. The van der Waals surface area contributed by atoms with Crippen LogP contribution in [0.1, 0.15) is 43.1 Å². The van der Waals surface area contributed by atoms with Crippen LogP contribution < -0.4 is 0 Å². The summed E-state index contributed by atoms with van der Waals surface area (Å²) in [6.07, 6.45) is 2.16. The number of benzene rings is 2. The maximum absolute atomic E-state index is 13.7. The minimum absolute atomic E-state index is 0.00911. The molecule has 36 heavy (non-hydrogen) atoms. The van der Waals surface area contributed by atoms with Crippen LogP contribution in [0.3, 0.4) is 0 Å². The van der Waals surface area contributed by atoms with E-state index in [1.807, 2.05) is 30.3 Å². The second-order valence-electron chi connectivity index (χ2n) is 8.82. The summed E-state index contributed by atoms with van der Waals surface area (Å²) in [5.74, 6) is -2.12. The van der Waals surface area contributed by atoms with E-state index in [0.717, 1.165) is 25.3 Å². The van der Waals surface area contributed by atoms with E-state index in [1.54, 1.807) is 23.7 Å². The quantitative estimate of drug-likeness (QED) is 0.272. The molecule has 0 radical (unpaired) electrons. The minimum Gasteiger partial charge on any atom is -0.507 e. The molecule has 4 rings (SSSR count). The number of carbonyl (C=O) groups is 2. The number of nitrogens with zero attached hydrogens (tertiary/aromatic N) is 4. The van der Waals surface area contributed by atoms with Gasteiger partial charge in [0.1, 0.15) is 11.6 Å². The highest BCUT2D eigenvalue weighted by Crippen LogP contribution is 2.40. The first-order valence-corrected chi connectivity index (χ1v) is 12.2. The summed E-state index contributed by atoms with van der Waals surface area (Å²) in [5, 5.41) is 15.8. The van der Waals surface area contributed by atoms with Crippen LogP contribution in [-0.4, -0.2) is 62.6 Å². The van der Waals surface area contributed by atoms with Gasteiger partial charge >= 0.3 is 0 Å². The first-order valence-electron chi connectivity index (χ1n) is 12.2. The smallest absolute Gasteiger partial charge is 0.295 e. The van der Waals surface area contributed by atoms with Crippen molar-refractivity contribution in [3.05, 3.63) is 89.0 Å². The van der Waals surface area contributed by atoms with Crippen LogP contribution in [0.25, 0.3) is 11.4 Å². The number of rotatable bonds is 9. The third-order valence-electron chi connectivity index (χ3n) is 6.76. The molecular weight excluding hydrogens is 459 g/mol. The molecule has 0 saturated carbocycles. The fourth-order valence-electron chi connectivity index (χ4n) is 4.72. The molecule has 1 saturated heterocycles. The number of hydrogen-bond donors (Lipinski definition) is 1. The normalized spacial score (nSPS) is 17.4. The van der Waals surface area contributed by atoms with Crippen molar-refractivity contribution in [3.63, 3.8) is 0 Å². The molecule has 1 aromatic heterocycles. The van der Waals surface area contributed by atoms with Gasteiger partial charge in [0.15, 0.2) is 0 Å². The Hall–Kier alpha value is -3.78. The molecule has 188 valence electrons. The Morgan fingerprint density at radius 1 is 1.06 bits per heavy atom. The maximum atomic E-state index is 13.7. The van der Waals surface area contributed by atoms with Crippen molar-refractivity contribution in [2.24, 2.45) is 0 Å². The third kappa shape index (κ3) is 4.81. The summed E-state index contributed by atoms with van der Waals surface area (Å²) in [4.78, 5) is 30.1. The van der Waals surface area contributed by atoms with E-state index >= 15 is 0 Å². The number of ketones is 1. The van der Waals surface area contributed by atoms with Crippen LogP contribution in [0.2, 0.25) is 0 Å². The zero-order chi connectivity index (χ0) is 25.8.